The number of amides is 2. The summed E-state index contributed by atoms with van der Waals surface area (Å²) in [5, 5.41) is 7.32. The van der Waals surface area contributed by atoms with Gasteiger partial charge in [0.25, 0.3) is 5.91 Å². The van der Waals surface area contributed by atoms with E-state index in [9.17, 15) is 9.59 Å². The lowest BCUT2D eigenvalue weighted by atomic mass is 10.1. The first-order valence-electron chi connectivity index (χ1n) is 6.97. The first-order valence-corrected chi connectivity index (χ1v) is 8.73. The van der Waals surface area contributed by atoms with Crippen LogP contribution in [-0.2, 0) is 11.2 Å². The predicted molar refractivity (Wildman–Crippen MR) is 93.2 cm³/mol. The Morgan fingerprint density at radius 1 is 1.48 bits per heavy atom. The van der Waals surface area contributed by atoms with Gasteiger partial charge in [-0.15, -0.1) is 35.1 Å². The van der Waals surface area contributed by atoms with E-state index < -0.39 is 6.04 Å². The molecule has 3 rings (SSSR count). The lowest BCUT2D eigenvalue weighted by molar-refractivity contribution is -0.127. The molecule has 0 bridgehead atoms. The van der Waals surface area contributed by atoms with Crippen LogP contribution in [0.4, 0.5) is 0 Å². The van der Waals surface area contributed by atoms with Gasteiger partial charge < -0.3 is 16.0 Å². The largest absolute Gasteiger partial charge is 0.352 e. The van der Waals surface area contributed by atoms with Crippen LogP contribution < -0.4 is 11.1 Å². The van der Waals surface area contributed by atoms with Crippen molar-refractivity contribution in [2.75, 3.05) is 19.6 Å². The maximum absolute atomic E-state index is 12.7. The molecule has 23 heavy (non-hydrogen) atoms. The van der Waals surface area contributed by atoms with Crippen LogP contribution in [0, 0.1) is 0 Å². The van der Waals surface area contributed by atoms with E-state index in [2.05, 4.69) is 10.3 Å². The molecule has 0 spiro atoms. The average Bonchev–Trinajstić information content (AvgIpc) is 3.18. The molecule has 3 N–H and O–H groups in total. The summed E-state index contributed by atoms with van der Waals surface area (Å²) in [4.78, 5) is 31.7. The molecule has 1 aliphatic rings. The van der Waals surface area contributed by atoms with E-state index in [1.807, 2.05) is 17.5 Å². The van der Waals surface area contributed by atoms with Crippen LogP contribution in [0.5, 0.6) is 0 Å². The molecule has 0 saturated carbocycles. The summed E-state index contributed by atoms with van der Waals surface area (Å²) in [5.74, 6) is -0.341. The van der Waals surface area contributed by atoms with E-state index in [-0.39, 0.29) is 24.2 Å². The molecule has 1 saturated heterocycles. The van der Waals surface area contributed by atoms with E-state index in [0.717, 1.165) is 9.88 Å². The molecule has 1 aliphatic heterocycles. The molecular weight excluding hydrogens is 356 g/mol. The topological polar surface area (TPSA) is 88.3 Å². The van der Waals surface area contributed by atoms with Gasteiger partial charge in [-0.25, -0.2) is 4.98 Å². The minimum Gasteiger partial charge on any atom is -0.352 e. The number of aromatic nitrogens is 1. The van der Waals surface area contributed by atoms with Gasteiger partial charge in [0.05, 0.1) is 5.01 Å². The Bertz CT molecular complexity index is 674. The van der Waals surface area contributed by atoms with Gasteiger partial charge in [-0.05, 0) is 18.0 Å². The molecule has 1 fully saturated rings. The summed E-state index contributed by atoms with van der Waals surface area (Å²) in [7, 11) is 0. The highest BCUT2D eigenvalue weighted by atomic mass is 35.5. The van der Waals surface area contributed by atoms with Gasteiger partial charge in [-0.1, -0.05) is 6.07 Å². The predicted octanol–water partition coefficient (Wildman–Crippen LogP) is 1.44. The summed E-state index contributed by atoms with van der Waals surface area (Å²) in [6, 6.07) is 3.19. The molecule has 124 valence electrons. The number of halogens is 1. The Balaban J connectivity index is 0.00000192. The summed E-state index contributed by atoms with van der Waals surface area (Å²) in [6.07, 6.45) is 0.660. The molecule has 2 aromatic rings. The fraction of sp³-hybridized carbons (Fsp3) is 0.357. The van der Waals surface area contributed by atoms with Crippen LogP contribution in [0.1, 0.15) is 26.4 Å². The lowest BCUT2D eigenvalue weighted by Gasteiger charge is -2.34. The first kappa shape index (κ1) is 17.9. The van der Waals surface area contributed by atoms with Gasteiger partial charge >= 0.3 is 0 Å². The number of rotatable bonds is 4. The smallest absolute Gasteiger partial charge is 0.274 e. The van der Waals surface area contributed by atoms with Crippen LogP contribution in [-0.4, -0.2) is 41.3 Å². The summed E-state index contributed by atoms with van der Waals surface area (Å²) >= 11 is 2.90. The molecule has 1 unspecified atom stereocenters. The zero-order valence-corrected chi connectivity index (χ0v) is 14.7. The molecule has 3 heterocycles. The molecule has 2 amide bonds. The van der Waals surface area contributed by atoms with Crippen LogP contribution in [0.2, 0.25) is 0 Å². The van der Waals surface area contributed by atoms with Gasteiger partial charge in [0.1, 0.15) is 11.7 Å². The maximum atomic E-state index is 12.7. The molecule has 1 atom stereocenters. The second kappa shape index (κ2) is 7.87. The summed E-state index contributed by atoms with van der Waals surface area (Å²) in [6.45, 7) is 1.45. The molecule has 6 nitrogen and oxygen atoms in total. The summed E-state index contributed by atoms with van der Waals surface area (Å²) < 4.78 is 0. The third-order valence-electron chi connectivity index (χ3n) is 3.41. The number of nitrogens with one attached hydrogen (secondary N) is 1. The van der Waals surface area contributed by atoms with E-state index in [4.69, 9.17) is 5.73 Å². The Morgan fingerprint density at radius 2 is 2.30 bits per heavy atom. The third-order valence-corrected chi connectivity index (χ3v) is 5.25. The van der Waals surface area contributed by atoms with E-state index >= 15 is 0 Å². The molecule has 2 aromatic heterocycles. The number of piperazine rings is 1. The van der Waals surface area contributed by atoms with Crippen molar-refractivity contribution < 1.29 is 9.59 Å². The number of hydrogen-bond acceptors (Lipinski definition) is 6. The summed E-state index contributed by atoms with van der Waals surface area (Å²) in [5.41, 5.74) is 5.91. The second-order valence-corrected chi connectivity index (χ2v) is 6.79. The van der Waals surface area contributed by atoms with Crippen molar-refractivity contribution in [3.8, 4) is 0 Å². The molecule has 0 radical (unpaired) electrons. The number of nitrogens with two attached hydrogens (primary N) is 1. The highest BCUT2D eigenvalue weighted by Crippen LogP contribution is 2.28. The van der Waals surface area contributed by atoms with Gasteiger partial charge in [0.2, 0.25) is 5.91 Å². The Kier molecular flexibility index (Phi) is 6.11. The lowest BCUT2D eigenvalue weighted by Crippen LogP contribution is -2.52. The van der Waals surface area contributed by atoms with Gasteiger partial charge in [0.15, 0.2) is 0 Å². The standard InChI is InChI=1S/C14H16N4O2S2.ClH/c15-4-3-11-17-9(8-22-11)14(20)18-6-5-16-13(19)12(18)10-2-1-7-21-10;/h1-2,7-8,12H,3-6,15H2,(H,16,19);1H. The molecule has 0 aromatic carbocycles. The number of carbonyl (C=O) groups is 2. The number of thiophene rings is 1. The zero-order chi connectivity index (χ0) is 15.5. The van der Waals surface area contributed by atoms with E-state index in [0.29, 0.717) is 31.7 Å². The minimum atomic E-state index is -0.569. The van der Waals surface area contributed by atoms with E-state index in [1.165, 1.54) is 22.7 Å². The number of carbonyl (C=O) groups excluding carboxylic acids is 2. The maximum Gasteiger partial charge on any atom is 0.274 e. The van der Waals surface area contributed by atoms with E-state index in [1.54, 1.807) is 10.3 Å². The van der Waals surface area contributed by atoms with Crippen molar-refractivity contribution in [3.63, 3.8) is 0 Å². The van der Waals surface area contributed by atoms with Crippen molar-refractivity contribution in [1.82, 2.24) is 15.2 Å². The third kappa shape index (κ3) is 3.72. The van der Waals surface area contributed by atoms with Crippen molar-refractivity contribution >= 4 is 46.9 Å². The fourth-order valence-electron chi connectivity index (χ4n) is 2.41. The molecule has 9 heteroatoms. The quantitative estimate of drug-likeness (QED) is 0.850. The zero-order valence-electron chi connectivity index (χ0n) is 12.2. The Morgan fingerprint density at radius 3 is 3.00 bits per heavy atom. The van der Waals surface area contributed by atoms with Crippen LogP contribution in [0.25, 0.3) is 0 Å². The highest BCUT2D eigenvalue weighted by Gasteiger charge is 2.36. The second-order valence-electron chi connectivity index (χ2n) is 4.87. The van der Waals surface area contributed by atoms with Crippen molar-refractivity contribution in [3.05, 3.63) is 38.5 Å². The van der Waals surface area contributed by atoms with Crippen LogP contribution in [0.3, 0.4) is 0 Å². The van der Waals surface area contributed by atoms with Crippen molar-refractivity contribution in [1.29, 1.82) is 0 Å². The minimum absolute atomic E-state index is 0. The fourth-order valence-corrected chi connectivity index (χ4v) is 4.03. The van der Waals surface area contributed by atoms with Crippen LogP contribution in [0.15, 0.2) is 22.9 Å². The average molecular weight is 373 g/mol. The first-order chi connectivity index (χ1) is 10.7. The number of hydrogen-bond donors (Lipinski definition) is 2. The van der Waals surface area contributed by atoms with Crippen LogP contribution >= 0.6 is 35.1 Å². The SMILES string of the molecule is Cl.NCCc1nc(C(=O)N2CCNC(=O)C2c2cccs2)cs1. The molecular formula is C14H17ClN4O2S2. The highest BCUT2D eigenvalue weighted by molar-refractivity contribution is 7.10. The monoisotopic (exact) mass is 372 g/mol. The Hall–Kier alpha value is -1.48. The van der Waals surface area contributed by atoms with Gasteiger partial charge in [-0.3, -0.25) is 9.59 Å². The number of nitrogens with zero attached hydrogens (tertiary/aromatic N) is 2. The number of thiazole rings is 1. The van der Waals surface area contributed by atoms with Gasteiger partial charge in [-0.2, -0.15) is 0 Å². The Labute approximate surface area is 148 Å². The molecule has 0 aliphatic carbocycles. The van der Waals surface area contributed by atoms with Crippen molar-refractivity contribution in [2.45, 2.75) is 12.5 Å². The van der Waals surface area contributed by atoms with Gasteiger partial charge in [0, 0.05) is 29.8 Å². The normalized spacial score (nSPS) is 17.5. The van der Waals surface area contributed by atoms with Crippen molar-refractivity contribution in [2.24, 2.45) is 5.73 Å².